The second-order valence-electron chi connectivity index (χ2n) is 5.12. The SMILES string of the molecule is O=CN1CCC(NCc2cc3c(cn2)OCCO3)CC1. The Hall–Kier alpha value is -1.82. The van der Waals surface area contributed by atoms with Crippen LogP contribution in [0.5, 0.6) is 11.5 Å². The lowest BCUT2D eigenvalue weighted by molar-refractivity contribution is -0.119. The quantitative estimate of drug-likeness (QED) is 0.815. The summed E-state index contributed by atoms with van der Waals surface area (Å²) in [4.78, 5) is 16.8. The molecule has 1 fully saturated rings. The third kappa shape index (κ3) is 3.01. The number of rotatable bonds is 4. The molecule has 6 heteroatoms. The first kappa shape index (κ1) is 13.2. The normalized spacial score (nSPS) is 18.9. The minimum atomic E-state index is 0.446. The zero-order valence-corrected chi connectivity index (χ0v) is 11.4. The van der Waals surface area contributed by atoms with Crippen LogP contribution < -0.4 is 14.8 Å². The molecule has 0 aromatic carbocycles. The van der Waals surface area contributed by atoms with Gasteiger partial charge in [0, 0.05) is 31.7 Å². The van der Waals surface area contributed by atoms with Gasteiger partial charge in [0.15, 0.2) is 11.5 Å². The zero-order valence-electron chi connectivity index (χ0n) is 11.4. The second-order valence-corrected chi connectivity index (χ2v) is 5.12. The Morgan fingerprint density at radius 3 is 2.80 bits per heavy atom. The van der Waals surface area contributed by atoms with Crippen LogP contribution in [0.1, 0.15) is 18.5 Å². The van der Waals surface area contributed by atoms with Crippen LogP contribution in [0.3, 0.4) is 0 Å². The summed E-state index contributed by atoms with van der Waals surface area (Å²) in [6, 6.07) is 2.38. The van der Waals surface area contributed by atoms with E-state index in [1.165, 1.54) is 0 Å². The van der Waals surface area contributed by atoms with Crippen LogP contribution in [0.2, 0.25) is 0 Å². The van der Waals surface area contributed by atoms with Crippen molar-refractivity contribution < 1.29 is 14.3 Å². The summed E-state index contributed by atoms with van der Waals surface area (Å²) in [5, 5.41) is 3.49. The van der Waals surface area contributed by atoms with E-state index in [9.17, 15) is 4.79 Å². The highest BCUT2D eigenvalue weighted by Gasteiger charge is 2.18. The first-order chi connectivity index (χ1) is 9.85. The Bertz CT molecular complexity index is 473. The number of nitrogens with zero attached hydrogens (tertiary/aromatic N) is 2. The summed E-state index contributed by atoms with van der Waals surface area (Å²) in [5.74, 6) is 1.50. The number of ether oxygens (including phenoxy) is 2. The van der Waals surface area contributed by atoms with Crippen molar-refractivity contribution in [2.75, 3.05) is 26.3 Å². The summed E-state index contributed by atoms with van der Waals surface area (Å²) >= 11 is 0. The van der Waals surface area contributed by atoms with E-state index in [0.29, 0.717) is 25.8 Å². The first-order valence-corrected chi connectivity index (χ1v) is 7.02. The van der Waals surface area contributed by atoms with E-state index in [1.54, 1.807) is 6.20 Å². The van der Waals surface area contributed by atoms with Gasteiger partial charge >= 0.3 is 0 Å². The Morgan fingerprint density at radius 2 is 2.05 bits per heavy atom. The maximum atomic E-state index is 10.7. The van der Waals surface area contributed by atoms with Gasteiger partial charge in [0.2, 0.25) is 6.41 Å². The molecule has 1 aromatic heterocycles. The van der Waals surface area contributed by atoms with Gasteiger partial charge in [-0.2, -0.15) is 0 Å². The van der Waals surface area contributed by atoms with Gasteiger partial charge in [-0.05, 0) is 12.8 Å². The van der Waals surface area contributed by atoms with Gasteiger partial charge in [0.05, 0.1) is 11.9 Å². The fourth-order valence-electron chi connectivity index (χ4n) is 2.54. The lowest BCUT2D eigenvalue weighted by Crippen LogP contribution is -2.41. The molecule has 2 aliphatic heterocycles. The number of hydrogen-bond donors (Lipinski definition) is 1. The highest BCUT2D eigenvalue weighted by molar-refractivity contribution is 5.47. The summed E-state index contributed by atoms with van der Waals surface area (Å²) in [6.45, 7) is 3.55. The van der Waals surface area contributed by atoms with E-state index in [0.717, 1.165) is 49.5 Å². The van der Waals surface area contributed by atoms with Crippen molar-refractivity contribution in [3.8, 4) is 11.5 Å². The Morgan fingerprint density at radius 1 is 1.30 bits per heavy atom. The second kappa shape index (κ2) is 6.09. The van der Waals surface area contributed by atoms with E-state index in [4.69, 9.17) is 9.47 Å². The number of hydrogen-bond acceptors (Lipinski definition) is 5. The smallest absolute Gasteiger partial charge is 0.209 e. The van der Waals surface area contributed by atoms with Crippen LogP contribution in [0.15, 0.2) is 12.3 Å². The monoisotopic (exact) mass is 277 g/mol. The van der Waals surface area contributed by atoms with E-state index in [2.05, 4.69) is 10.3 Å². The minimum Gasteiger partial charge on any atom is -0.486 e. The molecule has 1 saturated heterocycles. The Labute approximate surface area is 118 Å². The van der Waals surface area contributed by atoms with Gasteiger partial charge in [-0.15, -0.1) is 0 Å². The summed E-state index contributed by atoms with van der Waals surface area (Å²) < 4.78 is 11.0. The summed E-state index contributed by atoms with van der Waals surface area (Å²) in [7, 11) is 0. The molecule has 0 atom stereocenters. The fourth-order valence-corrected chi connectivity index (χ4v) is 2.54. The third-order valence-corrected chi connectivity index (χ3v) is 3.74. The van der Waals surface area contributed by atoms with E-state index in [-0.39, 0.29) is 0 Å². The molecule has 0 unspecified atom stereocenters. The van der Waals surface area contributed by atoms with Crippen molar-refractivity contribution in [3.63, 3.8) is 0 Å². The molecule has 0 bridgehead atoms. The van der Waals surface area contributed by atoms with E-state index in [1.807, 2.05) is 11.0 Å². The molecule has 0 spiro atoms. The maximum Gasteiger partial charge on any atom is 0.209 e. The number of pyridine rings is 1. The fraction of sp³-hybridized carbons (Fsp3) is 0.571. The van der Waals surface area contributed by atoms with Crippen molar-refractivity contribution in [1.82, 2.24) is 15.2 Å². The van der Waals surface area contributed by atoms with Gasteiger partial charge in [-0.25, -0.2) is 0 Å². The lowest BCUT2D eigenvalue weighted by Gasteiger charge is -2.29. The van der Waals surface area contributed by atoms with Gasteiger partial charge in [-0.1, -0.05) is 0 Å². The van der Waals surface area contributed by atoms with E-state index >= 15 is 0 Å². The Kier molecular flexibility index (Phi) is 4.01. The molecule has 2 aliphatic rings. The molecule has 20 heavy (non-hydrogen) atoms. The lowest BCUT2D eigenvalue weighted by atomic mass is 10.1. The number of amides is 1. The molecule has 1 aromatic rings. The van der Waals surface area contributed by atoms with Crippen molar-refractivity contribution in [1.29, 1.82) is 0 Å². The highest BCUT2D eigenvalue weighted by Crippen LogP contribution is 2.29. The number of carbonyl (C=O) groups excluding carboxylic acids is 1. The van der Waals surface area contributed by atoms with Gasteiger partial charge < -0.3 is 19.7 Å². The maximum absolute atomic E-state index is 10.7. The number of carbonyl (C=O) groups is 1. The van der Waals surface area contributed by atoms with Gasteiger partial charge in [0.1, 0.15) is 13.2 Å². The van der Waals surface area contributed by atoms with Gasteiger partial charge in [-0.3, -0.25) is 9.78 Å². The van der Waals surface area contributed by atoms with Crippen LogP contribution in [0.25, 0.3) is 0 Å². The molecular formula is C14H19N3O3. The van der Waals surface area contributed by atoms with Crippen molar-refractivity contribution >= 4 is 6.41 Å². The number of aromatic nitrogens is 1. The summed E-state index contributed by atoms with van der Waals surface area (Å²) in [6.07, 6.45) is 4.63. The zero-order chi connectivity index (χ0) is 13.8. The van der Waals surface area contributed by atoms with Crippen molar-refractivity contribution in [2.45, 2.75) is 25.4 Å². The van der Waals surface area contributed by atoms with Crippen molar-refractivity contribution in [3.05, 3.63) is 18.0 Å². The molecular weight excluding hydrogens is 258 g/mol. The molecule has 3 heterocycles. The van der Waals surface area contributed by atoms with Crippen LogP contribution >= 0.6 is 0 Å². The van der Waals surface area contributed by atoms with Crippen molar-refractivity contribution in [2.24, 2.45) is 0 Å². The molecule has 3 rings (SSSR count). The highest BCUT2D eigenvalue weighted by atomic mass is 16.6. The van der Waals surface area contributed by atoms with Crippen LogP contribution in [-0.4, -0.2) is 48.6 Å². The van der Waals surface area contributed by atoms with E-state index < -0.39 is 0 Å². The average molecular weight is 277 g/mol. The largest absolute Gasteiger partial charge is 0.486 e. The number of nitrogens with one attached hydrogen (secondary N) is 1. The number of piperidine rings is 1. The molecule has 0 saturated carbocycles. The molecule has 0 radical (unpaired) electrons. The predicted molar refractivity (Wildman–Crippen MR) is 72.7 cm³/mol. The molecule has 1 amide bonds. The van der Waals surface area contributed by atoms with Gasteiger partial charge in [0.25, 0.3) is 0 Å². The molecule has 6 nitrogen and oxygen atoms in total. The Balaban J connectivity index is 1.52. The topological polar surface area (TPSA) is 63.7 Å². The summed E-state index contributed by atoms with van der Waals surface area (Å²) in [5.41, 5.74) is 0.951. The predicted octanol–water partition coefficient (Wildman–Crippen LogP) is 0.563. The molecule has 1 N–H and O–H groups in total. The number of likely N-dealkylation sites (tertiary alicyclic amines) is 1. The molecule has 0 aliphatic carbocycles. The van der Waals surface area contributed by atoms with Crippen LogP contribution in [-0.2, 0) is 11.3 Å². The third-order valence-electron chi connectivity index (χ3n) is 3.74. The number of fused-ring (bicyclic) bond motifs is 1. The van der Waals surface area contributed by atoms with Crippen LogP contribution in [0, 0.1) is 0 Å². The molecule has 108 valence electrons. The standard InChI is InChI=1S/C14H19N3O3/c18-10-17-3-1-11(2-4-17)15-8-12-7-13-14(9-16-12)20-6-5-19-13/h7,9-11,15H,1-6,8H2. The first-order valence-electron chi connectivity index (χ1n) is 7.02. The average Bonchev–Trinajstić information content (AvgIpc) is 2.53. The van der Waals surface area contributed by atoms with Crippen LogP contribution in [0.4, 0.5) is 0 Å². The minimum absolute atomic E-state index is 0.446.